The van der Waals surface area contributed by atoms with E-state index in [9.17, 15) is 8.42 Å². The summed E-state index contributed by atoms with van der Waals surface area (Å²) in [4.78, 5) is 4.34. The van der Waals surface area contributed by atoms with Crippen LogP contribution in [0.5, 0.6) is 0 Å². The molecule has 20 heavy (non-hydrogen) atoms. The van der Waals surface area contributed by atoms with Gasteiger partial charge in [0.25, 0.3) is 10.0 Å². The molecule has 5 heteroatoms. The van der Waals surface area contributed by atoms with Crippen LogP contribution in [0.2, 0.25) is 0 Å². The number of hydrogen-bond acceptors (Lipinski definition) is 3. The van der Waals surface area contributed by atoms with Crippen molar-refractivity contribution in [3.05, 3.63) is 53.3 Å². The van der Waals surface area contributed by atoms with E-state index in [0.29, 0.717) is 10.6 Å². The minimum atomic E-state index is -3.58. The zero-order valence-electron chi connectivity index (χ0n) is 12.1. The summed E-state index contributed by atoms with van der Waals surface area (Å²) in [5, 5.41) is 0. The Bertz CT molecular complexity index is 702. The molecule has 106 valence electrons. The zero-order chi connectivity index (χ0) is 14.9. The quantitative estimate of drug-likeness (QED) is 0.873. The number of aromatic nitrogens is 1. The number of hydrogen-bond donors (Lipinski definition) is 0. The van der Waals surface area contributed by atoms with E-state index >= 15 is 0 Å². The van der Waals surface area contributed by atoms with Crippen LogP contribution in [-0.4, -0.2) is 20.4 Å². The topological polar surface area (TPSA) is 50.3 Å². The van der Waals surface area contributed by atoms with Crippen LogP contribution in [0.3, 0.4) is 0 Å². The Labute approximate surface area is 120 Å². The fraction of sp³-hybridized carbons (Fsp3) is 0.267. The van der Waals surface area contributed by atoms with E-state index in [1.165, 1.54) is 10.5 Å². The normalized spacial score (nSPS) is 11.4. The molecule has 0 atom stereocenters. The molecule has 0 amide bonds. The molecule has 0 fully saturated rings. The molecule has 0 saturated carbocycles. The lowest BCUT2D eigenvalue weighted by Gasteiger charge is -2.21. The molecule has 0 unspecified atom stereocenters. The fourth-order valence-corrected chi connectivity index (χ4v) is 3.98. The number of benzene rings is 1. The zero-order valence-corrected chi connectivity index (χ0v) is 12.9. The predicted molar refractivity (Wildman–Crippen MR) is 80.5 cm³/mol. The molecular weight excluding hydrogens is 272 g/mol. The first-order chi connectivity index (χ1) is 9.34. The van der Waals surface area contributed by atoms with Crippen LogP contribution in [0.1, 0.15) is 16.7 Å². The molecule has 1 aromatic heterocycles. The second-order valence-corrected chi connectivity index (χ2v) is 6.82. The van der Waals surface area contributed by atoms with Crippen molar-refractivity contribution in [3.8, 4) is 0 Å². The third-order valence-electron chi connectivity index (χ3n) is 3.23. The highest BCUT2D eigenvalue weighted by molar-refractivity contribution is 7.92. The van der Waals surface area contributed by atoms with Gasteiger partial charge in [0.05, 0.1) is 16.8 Å². The highest BCUT2D eigenvalue weighted by atomic mass is 32.2. The average molecular weight is 290 g/mol. The average Bonchev–Trinajstić information content (AvgIpc) is 2.37. The largest absolute Gasteiger partial charge is 0.268 e. The molecule has 0 aliphatic carbocycles. The summed E-state index contributed by atoms with van der Waals surface area (Å²) in [6, 6.07) is 7.22. The molecule has 1 heterocycles. The molecular formula is C15H18N2O2S. The molecule has 0 N–H and O–H groups in total. The number of anilines is 1. The molecule has 1 aromatic carbocycles. The molecule has 0 aliphatic heterocycles. The maximum Gasteiger partial charge on any atom is 0.264 e. The van der Waals surface area contributed by atoms with Gasteiger partial charge in [-0.25, -0.2) is 8.42 Å². The minimum Gasteiger partial charge on any atom is -0.268 e. The van der Waals surface area contributed by atoms with Crippen LogP contribution >= 0.6 is 0 Å². The van der Waals surface area contributed by atoms with E-state index in [1.54, 1.807) is 25.4 Å². The van der Waals surface area contributed by atoms with Gasteiger partial charge in [-0.15, -0.1) is 0 Å². The van der Waals surface area contributed by atoms with E-state index < -0.39 is 10.0 Å². The molecule has 0 spiro atoms. The van der Waals surface area contributed by atoms with Gasteiger partial charge < -0.3 is 0 Å². The Balaban J connectivity index is 2.57. The Morgan fingerprint density at radius 1 is 1.10 bits per heavy atom. The van der Waals surface area contributed by atoms with E-state index in [0.717, 1.165) is 16.7 Å². The summed E-state index contributed by atoms with van der Waals surface area (Å²) >= 11 is 0. The molecule has 0 bridgehead atoms. The Hall–Kier alpha value is -1.88. The maximum atomic E-state index is 12.8. The van der Waals surface area contributed by atoms with E-state index in [1.807, 2.05) is 32.9 Å². The SMILES string of the molecule is Cc1cc(C)c(S(=O)(=O)N(C)c2cccnc2)c(C)c1. The molecule has 2 rings (SSSR count). The van der Waals surface area contributed by atoms with Crippen molar-refractivity contribution in [2.45, 2.75) is 25.7 Å². The number of nitrogens with zero attached hydrogens (tertiary/aromatic N) is 2. The summed E-state index contributed by atoms with van der Waals surface area (Å²) in [5.74, 6) is 0. The summed E-state index contributed by atoms with van der Waals surface area (Å²) in [5.41, 5.74) is 3.13. The van der Waals surface area contributed by atoms with Gasteiger partial charge in [0.1, 0.15) is 0 Å². The van der Waals surface area contributed by atoms with Crippen LogP contribution < -0.4 is 4.31 Å². The summed E-state index contributed by atoms with van der Waals surface area (Å²) in [7, 11) is -2.03. The number of rotatable bonds is 3. The highest BCUT2D eigenvalue weighted by Gasteiger charge is 2.25. The van der Waals surface area contributed by atoms with Crippen molar-refractivity contribution in [3.63, 3.8) is 0 Å². The van der Waals surface area contributed by atoms with Gasteiger partial charge >= 0.3 is 0 Å². The smallest absolute Gasteiger partial charge is 0.264 e. The van der Waals surface area contributed by atoms with Gasteiger partial charge in [-0.3, -0.25) is 9.29 Å². The van der Waals surface area contributed by atoms with Crippen molar-refractivity contribution >= 4 is 15.7 Å². The van der Waals surface area contributed by atoms with Crippen LogP contribution in [0.4, 0.5) is 5.69 Å². The maximum absolute atomic E-state index is 12.8. The molecule has 2 aromatic rings. The van der Waals surface area contributed by atoms with Gasteiger partial charge in [0.15, 0.2) is 0 Å². The number of aryl methyl sites for hydroxylation is 3. The first kappa shape index (κ1) is 14.5. The predicted octanol–water partition coefficient (Wildman–Crippen LogP) is 2.83. The van der Waals surface area contributed by atoms with Crippen molar-refractivity contribution in [1.29, 1.82) is 0 Å². The standard InChI is InChI=1S/C15H18N2O2S/c1-11-8-12(2)15(13(3)9-11)20(18,19)17(4)14-6-5-7-16-10-14/h5-10H,1-4H3. The van der Waals surface area contributed by atoms with Crippen LogP contribution in [-0.2, 0) is 10.0 Å². The van der Waals surface area contributed by atoms with Gasteiger partial charge in [0.2, 0.25) is 0 Å². The third-order valence-corrected chi connectivity index (χ3v) is 5.32. The molecule has 0 saturated heterocycles. The first-order valence-electron chi connectivity index (χ1n) is 6.31. The minimum absolute atomic E-state index is 0.370. The van der Waals surface area contributed by atoms with Crippen LogP contribution in [0, 0.1) is 20.8 Å². The number of pyridine rings is 1. The third kappa shape index (κ3) is 2.54. The van der Waals surface area contributed by atoms with E-state index in [4.69, 9.17) is 0 Å². The first-order valence-corrected chi connectivity index (χ1v) is 7.75. The van der Waals surface area contributed by atoms with Crippen molar-refractivity contribution < 1.29 is 8.42 Å². The fourth-order valence-electron chi connectivity index (χ4n) is 2.39. The second-order valence-electron chi connectivity index (χ2n) is 4.91. The Morgan fingerprint density at radius 3 is 2.20 bits per heavy atom. The summed E-state index contributed by atoms with van der Waals surface area (Å²) in [6.45, 7) is 5.61. The Kier molecular flexibility index (Phi) is 3.81. The van der Waals surface area contributed by atoms with Crippen molar-refractivity contribution in [2.75, 3.05) is 11.4 Å². The van der Waals surface area contributed by atoms with Gasteiger partial charge in [-0.2, -0.15) is 0 Å². The summed E-state index contributed by atoms with van der Waals surface area (Å²) < 4.78 is 26.8. The molecule has 0 radical (unpaired) electrons. The second kappa shape index (κ2) is 5.25. The van der Waals surface area contributed by atoms with Gasteiger partial charge in [0, 0.05) is 13.2 Å². The Morgan fingerprint density at radius 2 is 1.70 bits per heavy atom. The lowest BCUT2D eigenvalue weighted by molar-refractivity contribution is 0.593. The summed E-state index contributed by atoms with van der Waals surface area (Å²) in [6.07, 6.45) is 3.16. The monoisotopic (exact) mass is 290 g/mol. The van der Waals surface area contributed by atoms with E-state index in [2.05, 4.69) is 4.98 Å². The van der Waals surface area contributed by atoms with Gasteiger partial charge in [-0.1, -0.05) is 17.7 Å². The van der Waals surface area contributed by atoms with Crippen LogP contribution in [0.15, 0.2) is 41.6 Å². The van der Waals surface area contributed by atoms with Crippen molar-refractivity contribution in [1.82, 2.24) is 4.98 Å². The van der Waals surface area contributed by atoms with Crippen LogP contribution in [0.25, 0.3) is 0 Å². The van der Waals surface area contributed by atoms with Gasteiger partial charge in [-0.05, 0) is 44.0 Å². The van der Waals surface area contributed by atoms with Crippen molar-refractivity contribution in [2.24, 2.45) is 0 Å². The van der Waals surface area contributed by atoms with E-state index in [-0.39, 0.29) is 0 Å². The molecule has 0 aliphatic rings. The highest BCUT2D eigenvalue weighted by Crippen LogP contribution is 2.27. The lowest BCUT2D eigenvalue weighted by atomic mass is 10.1. The number of sulfonamides is 1. The lowest BCUT2D eigenvalue weighted by Crippen LogP contribution is -2.28. The molecule has 4 nitrogen and oxygen atoms in total.